The molecule has 0 aliphatic carbocycles. The first-order valence-corrected chi connectivity index (χ1v) is 6.24. The van der Waals surface area contributed by atoms with E-state index in [1.807, 2.05) is 12.1 Å². The molecule has 0 aliphatic rings. The average Bonchev–Trinajstić information content (AvgIpc) is 2.37. The van der Waals surface area contributed by atoms with E-state index >= 15 is 0 Å². The van der Waals surface area contributed by atoms with Gasteiger partial charge in [-0.05, 0) is 30.0 Å². The summed E-state index contributed by atoms with van der Waals surface area (Å²) in [5, 5.41) is 0.675. The molecule has 2 aromatic rings. The molecule has 1 aromatic carbocycles. The first-order chi connectivity index (χ1) is 8.52. The van der Waals surface area contributed by atoms with Gasteiger partial charge in [0.15, 0.2) is 5.43 Å². The molecule has 1 atom stereocenters. The number of hydrogen-bond acceptors (Lipinski definition) is 2. The Bertz CT molecular complexity index is 613. The van der Waals surface area contributed by atoms with Crippen LogP contribution in [0.25, 0.3) is 10.9 Å². The number of H-pyrrole nitrogens is 1. The molecule has 0 saturated heterocycles. The fourth-order valence-electron chi connectivity index (χ4n) is 1.98. The first-order valence-electron chi connectivity index (χ1n) is 6.24. The molecular weight excluding hydrogens is 226 g/mol. The van der Waals surface area contributed by atoms with Crippen LogP contribution in [0.15, 0.2) is 29.1 Å². The van der Waals surface area contributed by atoms with Gasteiger partial charge in [-0.15, -0.1) is 0 Å². The topological polar surface area (TPSA) is 42.1 Å². The Kier molecular flexibility index (Phi) is 3.41. The van der Waals surface area contributed by atoms with E-state index < -0.39 is 0 Å². The summed E-state index contributed by atoms with van der Waals surface area (Å²) in [6, 6.07) is 7.23. The highest BCUT2D eigenvalue weighted by Crippen LogP contribution is 2.23. The number of ether oxygens (including phenoxy) is 1. The van der Waals surface area contributed by atoms with Crippen LogP contribution in [0, 0.1) is 5.92 Å². The Morgan fingerprint density at radius 1 is 1.17 bits per heavy atom. The minimum atomic E-state index is 0.0464. The Morgan fingerprint density at radius 3 is 2.50 bits per heavy atom. The molecule has 0 radical (unpaired) electrons. The van der Waals surface area contributed by atoms with Crippen molar-refractivity contribution in [3.05, 3.63) is 40.2 Å². The maximum Gasteiger partial charge on any atom is 0.189 e. The highest BCUT2D eigenvalue weighted by molar-refractivity contribution is 5.80. The molecule has 2 rings (SSSR count). The molecule has 3 nitrogen and oxygen atoms in total. The molecule has 1 heterocycles. The monoisotopic (exact) mass is 245 g/mol. The second kappa shape index (κ2) is 4.84. The lowest BCUT2D eigenvalue weighted by Gasteiger charge is -2.16. The lowest BCUT2D eigenvalue weighted by atomic mass is 9.94. The number of aromatic nitrogens is 1. The third kappa shape index (κ3) is 2.26. The van der Waals surface area contributed by atoms with Crippen LogP contribution in [0.1, 0.15) is 32.4 Å². The number of nitrogens with one attached hydrogen (secondary N) is 1. The van der Waals surface area contributed by atoms with E-state index in [4.69, 9.17) is 4.74 Å². The van der Waals surface area contributed by atoms with Crippen molar-refractivity contribution in [2.45, 2.75) is 26.7 Å². The molecule has 0 aliphatic heterocycles. The van der Waals surface area contributed by atoms with Gasteiger partial charge in [0.2, 0.25) is 0 Å². The fourth-order valence-corrected chi connectivity index (χ4v) is 1.98. The molecular formula is C15H19NO2. The summed E-state index contributed by atoms with van der Waals surface area (Å²) in [4.78, 5) is 15.5. The third-order valence-corrected chi connectivity index (χ3v) is 3.55. The first kappa shape index (κ1) is 12.7. The molecule has 0 saturated carbocycles. The van der Waals surface area contributed by atoms with Gasteiger partial charge >= 0.3 is 0 Å². The van der Waals surface area contributed by atoms with Crippen LogP contribution in [0.2, 0.25) is 0 Å². The van der Waals surface area contributed by atoms with E-state index in [9.17, 15) is 4.79 Å². The van der Waals surface area contributed by atoms with Gasteiger partial charge in [0.1, 0.15) is 5.75 Å². The predicted octanol–water partition coefficient (Wildman–Crippen LogP) is 3.30. The van der Waals surface area contributed by atoms with Crippen molar-refractivity contribution in [3.8, 4) is 5.75 Å². The van der Waals surface area contributed by atoms with E-state index in [0.717, 1.165) is 11.2 Å². The van der Waals surface area contributed by atoms with Gasteiger partial charge in [-0.25, -0.2) is 0 Å². The number of benzene rings is 1. The summed E-state index contributed by atoms with van der Waals surface area (Å²) < 4.78 is 5.14. The van der Waals surface area contributed by atoms with Crippen LogP contribution in [0.3, 0.4) is 0 Å². The molecule has 18 heavy (non-hydrogen) atoms. The second-order valence-electron chi connectivity index (χ2n) is 5.03. The number of fused-ring (bicyclic) bond motifs is 1. The molecule has 96 valence electrons. The van der Waals surface area contributed by atoms with E-state index in [1.54, 1.807) is 19.2 Å². The van der Waals surface area contributed by atoms with Crippen LogP contribution >= 0.6 is 0 Å². The normalized spacial score (nSPS) is 12.9. The standard InChI is InChI=1S/C15H19NO2/c1-9(2)10(3)14-8-15(17)12-7-11(18-4)5-6-13(12)16-14/h5-10H,1-4H3,(H,16,17). The molecule has 0 bridgehead atoms. The van der Waals surface area contributed by atoms with Crippen molar-refractivity contribution in [3.63, 3.8) is 0 Å². The van der Waals surface area contributed by atoms with E-state index in [1.165, 1.54) is 0 Å². The molecule has 0 fully saturated rings. The highest BCUT2D eigenvalue weighted by atomic mass is 16.5. The lowest BCUT2D eigenvalue weighted by molar-refractivity contribution is 0.415. The van der Waals surface area contributed by atoms with Crippen LogP contribution in [0.5, 0.6) is 5.75 Å². The van der Waals surface area contributed by atoms with Gasteiger partial charge in [0.05, 0.1) is 7.11 Å². The lowest BCUT2D eigenvalue weighted by Crippen LogP contribution is -2.10. The average molecular weight is 245 g/mol. The summed E-state index contributed by atoms with van der Waals surface area (Å²) >= 11 is 0. The predicted molar refractivity (Wildman–Crippen MR) is 74.4 cm³/mol. The Hall–Kier alpha value is -1.77. The maximum absolute atomic E-state index is 12.1. The quantitative estimate of drug-likeness (QED) is 0.901. The second-order valence-corrected chi connectivity index (χ2v) is 5.03. The molecule has 3 heteroatoms. The summed E-state index contributed by atoms with van der Waals surface area (Å²) in [5.41, 5.74) is 1.91. The van der Waals surface area contributed by atoms with Crippen molar-refractivity contribution in [1.29, 1.82) is 0 Å². The largest absolute Gasteiger partial charge is 0.497 e. The van der Waals surface area contributed by atoms with Crippen molar-refractivity contribution in [2.75, 3.05) is 7.11 Å². The molecule has 1 aromatic heterocycles. The zero-order chi connectivity index (χ0) is 13.3. The number of pyridine rings is 1. The summed E-state index contributed by atoms with van der Waals surface area (Å²) in [5.74, 6) is 1.54. The van der Waals surface area contributed by atoms with Crippen molar-refractivity contribution < 1.29 is 4.74 Å². The Labute approximate surface area is 107 Å². The van der Waals surface area contributed by atoms with Crippen LogP contribution in [-0.4, -0.2) is 12.1 Å². The zero-order valence-corrected chi connectivity index (χ0v) is 11.3. The summed E-state index contributed by atoms with van der Waals surface area (Å²) in [7, 11) is 1.60. The smallest absolute Gasteiger partial charge is 0.189 e. The van der Waals surface area contributed by atoms with Gasteiger partial charge in [0, 0.05) is 22.7 Å². The fraction of sp³-hybridized carbons (Fsp3) is 0.400. The zero-order valence-electron chi connectivity index (χ0n) is 11.3. The number of hydrogen-bond donors (Lipinski definition) is 1. The molecule has 0 amide bonds. The highest BCUT2D eigenvalue weighted by Gasteiger charge is 2.12. The summed E-state index contributed by atoms with van der Waals surface area (Å²) in [6.45, 7) is 6.44. The van der Waals surface area contributed by atoms with Crippen molar-refractivity contribution in [2.24, 2.45) is 5.92 Å². The van der Waals surface area contributed by atoms with Gasteiger partial charge in [0.25, 0.3) is 0 Å². The third-order valence-electron chi connectivity index (χ3n) is 3.55. The van der Waals surface area contributed by atoms with Gasteiger partial charge in [-0.2, -0.15) is 0 Å². The minimum absolute atomic E-state index is 0.0464. The van der Waals surface area contributed by atoms with Crippen molar-refractivity contribution >= 4 is 10.9 Å². The Balaban J connectivity index is 2.60. The molecule has 1 N–H and O–H groups in total. The summed E-state index contributed by atoms with van der Waals surface area (Å²) in [6.07, 6.45) is 0. The maximum atomic E-state index is 12.1. The van der Waals surface area contributed by atoms with Crippen LogP contribution in [-0.2, 0) is 0 Å². The number of rotatable bonds is 3. The van der Waals surface area contributed by atoms with Crippen LogP contribution < -0.4 is 10.2 Å². The van der Waals surface area contributed by atoms with Crippen LogP contribution in [0.4, 0.5) is 0 Å². The van der Waals surface area contributed by atoms with Gasteiger partial charge < -0.3 is 9.72 Å². The van der Waals surface area contributed by atoms with Crippen molar-refractivity contribution in [1.82, 2.24) is 4.98 Å². The Morgan fingerprint density at radius 2 is 1.89 bits per heavy atom. The minimum Gasteiger partial charge on any atom is -0.497 e. The molecule has 1 unspecified atom stereocenters. The number of aromatic amines is 1. The van der Waals surface area contributed by atoms with E-state index in [0.29, 0.717) is 23.0 Å². The van der Waals surface area contributed by atoms with Gasteiger partial charge in [-0.3, -0.25) is 4.79 Å². The van der Waals surface area contributed by atoms with E-state index in [2.05, 4.69) is 25.8 Å². The SMILES string of the molecule is COc1ccc2[nH]c(C(C)C(C)C)cc(=O)c2c1. The van der Waals surface area contributed by atoms with Gasteiger partial charge in [-0.1, -0.05) is 20.8 Å². The molecule has 0 spiro atoms. The van der Waals surface area contributed by atoms with E-state index in [-0.39, 0.29) is 5.43 Å². The number of methoxy groups -OCH3 is 1.